The molecule has 0 bridgehead atoms. The fraction of sp³-hybridized carbons (Fsp3) is 0.385. The Balaban J connectivity index is 2.59. The third kappa shape index (κ3) is 5.50. The molecule has 104 valence electrons. The second-order valence-corrected chi connectivity index (χ2v) is 4.08. The van der Waals surface area contributed by atoms with Crippen LogP contribution < -0.4 is 10.6 Å². The summed E-state index contributed by atoms with van der Waals surface area (Å²) in [5.41, 5.74) is 0.966. The van der Waals surface area contributed by atoms with E-state index in [0.29, 0.717) is 11.3 Å². The highest BCUT2D eigenvalue weighted by molar-refractivity contribution is 5.96. The van der Waals surface area contributed by atoms with E-state index in [1.807, 2.05) is 0 Å². The second kappa shape index (κ2) is 7.50. The van der Waals surface area contributed by atoms with Crippen molar-refractivity contribution in [2.24, 2.45) is 0 Å². The molecule has 0 saturated heterocycles. The summed E-state index contributed by atoms with van der Waals surface area (Å²) >= 11 is 0. The van der Waals surface area contributed by atoms with Gasteiger partial charge in [-0.05, 0) is 18.2 Å². The molecule has 2 amide bonds. The van der Waals surface area contributed by atoms with Crippen molar-refractivity contribution in [3.05, 3.63) is 29.8 Å². The van der Waals surface area contributed by atoms with E-state index in [2.05, 4.69) is 10.6 Å². The highest BCUT2D eigenvalue weighted by atomic mass is 16.5. The van der Waals surface area contributed by atoms with Crippen LogP contribution in [0.25, 0.3) is 0 Å². The maximum atomic E-state index is 11.8. The number of ether oxygens (including phenoxy) is 1. The monoisotopic (exact) mass is 266 g/mol. The molecule has 6 heteroatoms. The first-order valence-corrected chi connectivity index (χ1v) is 5.85. The quantitative estimate of drug-likeness (QED) is 0.694. The lowest BCUT2D eigenvalue weighted by atomic mass is 10.2. The van der Waals surface area contributed by atoms with Crippen LogP contribution in [0.15, 0.2) is 24.3 Å². The number of hydrogen-bond acceptors (Lipinski definition) is 4. The molecule has 1 rings (SSSR count). The largest absolute Gasteiger partial charge is 0.389 e. The van der Waals surface area contributed by atoms with E-state index < -0.39 is 6.10 Å². The maximum Gasteiger partial charge on any atom is 0.251 e. The molecule has 0 heterocycles. The lowest BCUT2D eigenvalue weighted by Gasteiger charge is -2.11. The Bertz CT molecular complexity index is 448. The van der Waals surface area contributed by atoms with Crippen LogP contribution in [0.4, 0.5) is 5.69 Å². The molecule has 6 nitrogen and oxygen atoms in total. The summed E-state index contributed by atoms with van der Waals surface area (Å²) in [6, 6.07) is 6.56. The van der Waals surface area contributed by atoms with Crippen molar-refractivity contribution < 1.29 is 19.4 Å². The van der Waals surface area contributed by atoms with Gasteiger partial charge in [-0.15, -0.1) is 0 Å². The van der Waals surface area contributed by atoms with Crippen molar-refractivity contribution in [2.75, 3.05) is 25.6 Å². The summed E-state index contributed by atoms with van der Waals surface area (Å²) in [5.74, 6) is -0.518. The van der Waals surface area contributed by atoms with E-state index in [0.717, 1.165) is 0 Å². The van der Waals surface area contributed by atoms with Crippen LogP contribution in [0.2, 0.25) is 0 Å². The zero-order valence-corrected chi connectivity index (χ0v) is 11.0. The SMILES string of the molecule is COCC(O)CNC(=O)c1cccc(NC(C)=O)c1. The van der Waals surface area contributed by atoms with Crippen LogP contribution in [-0.2, 0) is 9.53 Å². The fourth-order valence-electron chi connectivity index (χ4n) is 1.51. The van der Waals surface area contributed by atoms with Crippen molar-refractivity contribution in [3.8, 4) is 0 Å². The minimum absolute atomic E-state index is 0.108. The number of carbonyl (C=O) groups is 2. The molecule has 19 heavy (non-hydrogen) atoms. The van der Waals surface area contributed by atoms with Gasteiger partial charge in [0.1, 0.15) is 0 Å². The maximum absolute atomic E-state index is 11.8. The van der Waals surface area contributed by atoms with Crippen molar-refractivity contribution in [2.45, 2.75) is 13.0 Å². The Kier molecular flexibility index (Phi) is 5.98. The third-order valence-electron chi connectivity index (χ3n) is 2.30. The standard InChI is InChI=1S/C13H18N2O4/c1-9(16)15-11-5-3-4-10(6-11)13(18)14-7-12(17)8-19-2/h3-6,12,17H,7-8H2,1-2H3,(H,14,18)(H,15,16). The van der Waals surface area contributed by atoms with Gasteiger partial charge in [-0.3, -0.25) is 9.59 Å². The average Bonchev–Trinajstić information content (AvgIpc) is 2.36. The van der Waals surface area contributed by atoms with E-state index in [4.69, 9.17) is 4.74 Å². The van der Waals surface area contributed by atoms with Gasteiger partial charge in [-0.25, -0.2) is 0 Å². The number of anilines is 1. The molecule has 3 N–H and O–H groups in total. The lowest BCUT2D eigenvalue weighted by molar-refractivity contribution is -0.114. The molecule has 0 fully saturated rings. The Morgan fingerprint density at radius 2 is 2.16 bits per heavy atom. The van der Waals surface area contributed by atoms with Crippen molar-refractivity contribution in [3.63, 3.8) is 0 Å². The van der Waals surface area contributed by atoms with Crippen LogP contribution in [0.5, 0.6) is 0 Å². The number of rotatable bonds is 6. The second-order valence-electron chi connectivity index (χ2n) is 4.08. The molecular weight excluding hydrogens is 248 g/mol. The number of methoxy groups -OCH3 is 1. The van der Waals surface area contributed by atoms with Gasteiger partial charge in [0.2, 0.25) is 5.91 Å². The first-order chi connectivity index (χ1) is 9.02. The smallest absolute Gasteiger partial charge is 0.251 e. The van der Waals surface area contributed by atoms with Crippen LogP contribution in [0.1, 0.15) is 17.3 Å². The molecular formula is C13H18N2O4. The number of aliphatic hydroxyl groups excluding tert-OH is 1. The Morgan fingerprint density at radius 1 is 1.42 bits per heavy atom. The van der Waals surface area contributed by atoms with E-state index in [9.17, 15) is 14.7 Å². The van der Waals surface area contributed by atoms with Gasteiger partial charge in [0.15, 0.2) is 0 Å². The zero-order chi connectivity index (χ0) is 14.3. The first kappa shape index (κ1) is 15.1. The van der Waals surface area contributed by atoms with Crippen LogP contribution >= 0.6 is 0 Å². The number of amides is 2. The van der Waals surface area contributed by atoms with Crippen LogP contribution in [-0.4, -0.2) is 43.3 Å². The molecule has 0 radical (unpaired) electrons. The van der Waals surface area contributed by atoms with Gasteiger partial charge in [0, 0.05) is 31.8 Å². The summed E-state index contributed by atoms with van der Waals surface area (Å²) in [4.78, 5) is 22.7. The molecule has 0 aromatic heterocycles. The normalized spacial score (nSPS) is 11.7. The topological polar surface area (TPSA) is 87.7 Å². The average molecular weight is 266 g/mol. The van der Waals surface area contributed by atoms with Gasteiger partial charge >= 0.3 is 0 Å². The molecule has 1 atom stereocenters. The van der Waals surface area contributed by atoms with Gasteiger partial charge in [0.25, 0.3) is 5.91 Å². The number of aliphatic hydroxyl groups is 1. The zero-order valence-electron chi connectivity index (χ0n) is 11.0. The summed E-state index contributed by atoms with van der Waals surface area (Å²) in [5, 5.41) is 14.6. The molecule has 0 aliphatic carbocycles. The highest BCUT2D eigenvalue weighted by Gasteiger charge is 2.09. The number of nitrogens with one attached hydrogen (secondary N) is 2. The summed E-state index contributed by atoms with van der Waals surface area (Å²) in [6.45, 7) is 1.66. The molecule has 0 aliphatic heterocycles. The lowest BCUT2D eigenvalue weighted by Crippen LogP contribution is -2.34. The van der Waals surface area contributed by atoms with Gasteiger partial charge in [-0.1, -0.05) is 6.07 Å². The number of benzene rings is 1. The van der Waals surface area contributed by atoms with Gasteiger partial charge < -0.3 is 20.5 Å². The summed E-state index contributed by atoms with van der Waals surface area (Å²) < 4.78 is 4.76. The first-order valence-electron chi connectivity index (χ1n) is 5.85. The summed E-state index contributed by atoms with van der Waals surface area (Å²) in [7, 11) is 1.47. The van der Waals surface area contributed by atoms with Crippen molar-refractivity contribution in [1.29, 1.82) is 0 Å². The van der Waals surface area contributed by atoms with Crippen LogP contribution in [0.3, 0.4) is 0 Å². The van der Waals surface area contributed by atoms with Gasteiger partial charge in [-0.2, -0.15) is 0 Å². The molecule has 1 unspecified atom stereocenters. The number of carbonyl (C=O) groups excluding carboxylic acids is 2. The van der Waals surface area contributed by atoms with Crippen molar-refractivity contribution in [1.82, 2.24) is 5.32 Å². The van der Waals surface area contributed by atoms with E-state index >= 15 is 0 Å². The predicted octanol–water partition coefficient (Wildman–Crippen LogP) is 0.382. The van der Waals surface area contributed by atoms with Crippen molar-refractivity contribution >= 4 is 17.5 Å². The minimum Gasteiger partial charge on any atom is -0.389 e. The third-order valence-corrected chi connectivity index (χ3v) is 2.30. The molecule has 0 saturated carbocycles. The Labute approximate surface area is 111 Å². The Morgan fingerprint density at radius 3 is 2.79 bits per heavy atom. The predicted molar refractivity (Wildman–Crippen MR) is 71.0 cm³/mol. The van der Waals surface area contributed by atoms with E-state index in [1.54, 1.807) is 24.3 Å². The molecule has 1 aromatic carbocycles. The Hall–Kier alpha value is -1.92. The minimum atomic E-state index is -0.743. The van der Waals surface area contributed by atoms with E-state index in [-0.39, 0.29) is 25.0 Å². The van der Waals surface area contributed by atoms with Crippen LogP contribution in [0, 0.1) is 0 Å². The molecule has 0 spiro atoms. The molecule has 0 aliphatic rings. The fourth-order valence-corrected chi connectivity index (χ4v) is 1.51. The molecule has 1 aromatic rings. The highest BCUT2D eigenvalue weighted by Crippen LogP contribution is 2.10. The summed E-state index contributed by atoms with van der Waals surface area (Å²) in [6.07, 6.45) is -0.743. The number of hydrogen-bond donors (Lipinski definition) is 3. The van der Waals surface area contributed by atoms with E-state index in [1.165, 1.54) is 14.0 Å². The van der Waals surface area contributed by atoms with Gasteiger partial charge in [0.05, 0.1) is 12.7 Å².